The van der Waals surface area contributed by atoms with E-state index < -0.39 is 0 Å². The summed E-state index contributed by atoms with van der Waals surface area (Å²) in [6.45, 7) is 3.07. The van der Waals surface area contributed by atoms with Gasteiger partial charge >= 0.3 is 6.09 Å². The highest BCUT2D eigenvalue weighted by Gasteiger charge is 2.31. The summed E-state index contributed by atoms with van der Waals surface area (Å²) in [5.41, 5.74) is 3.21. The van der Waals surface area contributed by atoms with Crippen LogP contribution in [0.4, 0.5) is 4.79 Å². The molecule has 3 rings (SSSR count). The Kier molecular flexibility index (Phi) is 4.37. The van der Waals surface area contributed by atoms with Crippen LogP contribution >= 0.6 is 0 Å². The van der Waals surface area contributed by atoms with E-state index in [0.29, 0.717) is 6.61 Å². The van der Waals surface area contributed by atoms with Crippen LogP contribution in [0.3, 0.4) is 0 Å². The van der Waals surface area contributed by atoms with E-state index in [0.717, 1.165) is 36.1 Å². The lowest BCUT2D eigenvalue weighted by Gasteiger charge is -2.24. The van der Waals surface area contributed by atoms with Crippen LogP contribution in [-0.4, -0.2) is 22.5 Å². The molecule has 1 atom stereocenters. The van der Waals surface area contributed by atoms with Crippen molar-refractivity contribution in [2.24, 2.45) is 0 Å². The summed E-state index contributed by atoms with van der Waals surface area (Å²) in [5.74, 6) is 0. The molecule has 1 aromatic heterocycles. The molecule has 2 heterocycles. The van der Waals surface area contributed by atoms with Crippen LogP contribution in [0.15, 0.2) is 48.8 Å². The van der Waals surface area contributed by atoms with Gasteiger partial charge in [-0.25, -0.2) is 4.79 Å². The minimum atomic E-state index is -0.243. The van der Waals surface area contributed by atoms with Crippen molar-refractivity contribution in [1.82, 2.24) is 9.88 Å². The topological polar surface area (TPSA) is 42.4 Å². The minimum Gasteiger partial charge on any atom is -0.445 e. The third-order valence-corrected chi connectivity index (χ3v) is 3.97. The van der Waals surface area contributed by atoms with Crippen molar-refractivity contribution in [2.75, 3.05) is 6.54 Å². The van der Waals surface area contributed by atoms with Gasteiger partial charge < -0.3 is 9.64 Å². The van der Waals surface area contributed by atoms with Gasteiger partial charge in [-0.3, -0.25) is 4.98 Å². The lowest BCUT2D eigenvalue weighted by molar-refractivity contribution is 0.0920. The molecule has 1 aliphatic heterocycles. The van der Waals surface area contributed by atoms with E-state index in [9.17, 15) is 4.79 Å². The first-order chi connectivity index (χ1) is 10.7. The number of aryl methyl sites for hydroxylation is 1. The third kappa shape index (κ3) is 3.27. The summed E-state index contributed by atoms with van der Waals surface area (Å²) < 4.78 is 5.46. The fourth-order valence-corrected chi connectivity index (χ4v) is 2.89. The van der Waals surface area contributed by atoms with Crippen molar-refractivity contribution in [3.8, 4) is 0 Å². The van der Waals surface area contributed by atoms with Crippen molar-refractivity contribution >= 4 is 6.09 Å². The van der Waals surface area contributed by atoms with Gasteiger partial charge in [-0.15, -0.1) is 0 Å². The smallest absolute Gasteiger partial charge is 0.410 e. The van der Waals surface area contributed by atoms with E-state index in [1.165, 1.54) is 0 Å². The van der Waals surface area contributed by atoms with Crippen LogP contribution in [0.25, 0.3) is 0 Å². The molecule has 0 spiro atoms. The van der Waals surface area contributed by atoms with Gasteiger partial charge in [0.05, 0.1) is 6.04 Å². The molecule has 1 saturated heterocycles. The fraction of sp³-hybridized carbons (Fsp3) is 0.333. The Morgan fingerprint density at radius 1 is 1.32 bits per heavy atom. The number of carbonyl (C=O) groups excluding carboxylic acids is 1. The molecular formula is C18H20N2O2. The van der Waals surface area contributed by atoms with E-state index in [1.807, 2.05) is 54.5 Å². The first-order valence-electron chi connectivity index (χ1n) is 7.63. The maximum atomic E-state index is 12.4. The average molecular weight is 296 g/mol. The molecular weight excluding hydrogens is 276 g/mol. The standard InChI is InChI=1S/C18H20N2O2/c1-14-10-16(12-19-11-14)17-8-5-9-20(17)18(21)22-13-15-6-3-2-4-7-15/h2-4,6-7,10-12,17H,5,8-9,13H2,1H3. The fourth-order valence-electron chi connectivity index (χ4n) is 2.89. The third-order valence-electron chi connectivity index (χ3n) is 3.97. The van der Waals surface area contributed by atoms with Gasteiger partial charge in [0.2, 0.25) is 0 Å². The number of ether oxygens (including phenoxy) is 1. The van der Waals surface area contributed by atoms with Crippen molar-refractivity contribution < 1.29 is 9.53 Å². The SMILES string of the molecule is Cc1cncc(C2CCCN2C(=O)OCc2ccccc2)c1. The minimum absolute atomic E-state index is 0.0793. The van der Waals surface area contributed by atoms with Gasteiger partial charge in [0.15, 0.2) is 0 Å². The number of pyridine rings is 1. The highest BCUT2D eigenvalue weighted by Crippen LogP contribution is 2.32. The molecule has 2 aromatic rings. The Hall–Kier alpha value is -2.36. The molecule has 0 aliphatic carbocycles. The zero-order valence-corrected chi connectivity index (χ0v) is 12.7. The molecule has 4 nitrogen and oxygen atoms in total. The molecule has 4 heteroatoms. The van der Waals surface area contributed by atoms with Gasteiger partial charge in [0.1, 0.15) is 6.61 Å². The average Bonchev–Trinajstić information content (AvgIpc) is 3.03. The van der Waals surface area contributed by atoms with Crippen LogP contribution < -0.4 is 0 Å². The lowest BCUT2D eigenvalue weighted by Crippen LogP contribution is -2.31. The van der Waals surface area contributed by atoms with Gasteiger partial charge in [-0.1, -0.05) is 36.4 Å². The van der Waals surface area contributed by atoms with Crippen LogP contribution in [0.2, 0.25) is 0 Å². The van der Waals surface area contributed by atoms with Gasteiger partial charge in [0, 0.05) is 18.9 Å². The van der Waals surface area contributed by atoms with Crippen molar-refractivity contribution in [2.45, 2.75) is 32.4 Å². The molecule has 114 valence electrons. The molecule has 22 heavy (non-hydrogen) atoms. The summed E-state index contributed by atoms with van der Waals surface area (Å²) in [4.78, 5) is 18.4. The van der Waals surface area contributed by atoms with Crippen molar-refractivity contribution in [3.05, 3.63) is 65.5 Å². The maximum Gasteiger partial charge on any atom is 0.410 e. The van der Waals surface area contributed by atoms with Crippen LogP contribution in [0.1, 0.15) is 35.6 Å². The number of likely N-dealkylation sites (tertiary alicyclic amines) is 1. The van der Waals surface area contributed by atoms with Crippen molar-refractivity contribution in [3.63, 3.8) is 0 Å². The maximum absolute atomic E-state index is 12.4. The van der Waals surface area contributed by atoms with E-state index in [4.69, 9.17) is 4.74 Å². The number of benzene rings is 1. The number of hydrogen-bond donors (Lipinski definition) is 0. The molecule has 0 N–H and O–H groups in total. The summed E-state index contributed by atoms with van der Waals surface area (Å²) >= 11 is 0. The van der Waals surface area contributed by atoms with Crippen LogP contribution in [-0.2, 0) is 11.3 Å². The van der Waals surface area contributed by atoms with E-state index >= 15 is 0 Å². The largest absolute Gasteiger partial charge is 0.445 e. The number of aromatic nitrogens is 1. The zero-order chi connectivity index (χ0) is 15.4. The molecule has 1 amide bonds. The monoisotopic (exact) mass is 296 g/mol. The second-order valence-electron chi connectivity index (χ2n) is 5.69. The molecule has 0 radical (unpaired) electrons. The van der Waals surface area contributed by atoms with E-state index in [1.54, 1.807) is 0 Å². The Morgan fingerprint density at radius 3 is 2.91 bits per heavy atom. The highest BCUT2D eigenvalue weighted by molar-refractivity contribution is 5.68. The van der Waals surface area contributed by atoms with Crippen molar-refractivity contribution in [1.29, 1.82) is 0 Å². The van der Waals surface area contributed by atoms with E-state index in [-0.39, 0.29) is 12.1 Å². The van der Waals surface area contributed by atoms with Crippen LogP contribution in [0, 0.1) is 6.92 Å². The van der Waals surface area contributed by atoms with Gasteiger partial charge in [0.25, 0.3) is 0 Å². The first-order valence-corrected chi connectivity index (χ1v) is 7.63. The second kappa shape index (κ2) is 6.60. The number of amides is 1. The van der Waals surface area contributed by atoms with E-state index in [2.05, 4.69) is 11.1 Å². The number of carbonyl (C=O) groups is 1. The summed E-state index contributed by atoms with van der Waals surface area (Å²) in [7, 11) is 0. The Bertz CT molecular complexity index is 643. The molecule has 1 unspecified atom stereocenters. The Morgan fingerprint density at radius 2 is 2.14 bits per heavy atom. The number of nitrogens with zero attached hydrogens (tertiary/aromatic N) is 2. The molecule has 1 fully saturated rings. The predicted octanol–water partition coefficient (Wildman–Crippen LogP) is 3.86. The zero-order valence-electron chi connectivity index (χ0n) is 12.7. The van der Waals surface area contributed by atoms with Gasteiger partial charge in [-0.2, -0.15) is 0 Å². The number of hydrogen-bond acceptors (Lipinski definition) is 3. The highest BCUT2D eigenvalue weighted by atomic mass is 16.6. The Labute approximate surface area is 130 Å². The predicted molar refractivity (Wildman–Crippen MR) is 84.3 cm³/mol. The molecule has 1 aliphatic rings. The summed E-state index contributed by atoms with van der Waals surface area (Å²) in [6, 6.07) is 11.9. The Balaban J connectivity index is 1.66. The molecule has 0 saturated carbocycles. The number of rotatable bonds is 3. The molecule has 1 aromatic carbocycles. The lowest BCUT2D eigenvalue weighted by atomic mass is 10.1. The quantitative estimate of drug-likeness (QED) is 0.863. The summed E-state index contributed by atoms with van der Waals surface area (Å²) in [6.07, 6.45) is 5.40. The second-order valence-corrected chi connectivity index (χ2v) is 5.69. The first kappa shape index (κ1) is 14.6. The summed E-state index contributed by atoms with van der Waals surface area (Å²) in [5, 5.41) is 0. The van der Waals surface area contributed by atoms with Gasteiger partial charge in [-0.05, 0) is 36.5 Å². The normalized spacial score (nSPS) is 17.5. The molecule has 0 bridgehead atoms. The van der Waals surface area contributed by atoms with Crippen LogP contribution in [0.5, 0.6) is 0 Å².